The van der Waals surface area contributed by atoms with Crippen molar-refractivity contribution in [2.75, 3.05) is 13.1 Å². The van der Waals surface area contributed by atoms with Gasteiger partial charge in [0.2, 0.25) is 0 Å². The highest BCUT2D eigenvalue weighted by molar-refractivity contribution is 7.76. The molecule has 4 aromatic rings. The third-order valence-electron chi connectivity index (χ3n) is 10.7. The second-order valence-corrected chi connectivity index (χ2v) is 20.3. The minimum absolute atomic E-state index is 0.165. The van der Waals surface area contributed by atoms with Crippen LogP contribution in [0.4, 0.5) is 0 Å². The maximum atomic E-state index is 14.4. The quantitative estimate of drug-likeness (QED) is 0.119. The van der Waals surface area contributed by atoms with E-state index in [1.165, 1.54) is 22.3 Å². The summed E-state index contributed by atoms with van der Waals surface area (Å²) >= 11 is -2.12. The van der Waals surface area contributed by atoms with Crippen LogP contribution in [0.3, 0.4) is 0 Å². The minimum Gasteiger partial charge on any atom is -0.371 e. The third kappa shape index (κ3) is 12.3. The van der Waals surface area contributed by atoms with Crippen molar-refractivity contribution in [3.63, 3.8) is 0 Å². The highest BCUT2D eigenvalue weighted by Crippen LogP contribution is 2.45. The largest absolute Gasteiger partial charge is 0.417 e. The van der Waals surface area contributed by atoms with Gasteiger partial charge < -0.3 is 19.0 Å². The Labute approximate surface area is 343 Å². The molecule has 0 amide bonds. The van der Waals surface area contributed by atoms with E-state index < -0.39 is 11.4 Å². The predicted octanol–water partition coefficient (Wildman–Crippen LogP) is 12.5. The van der Waals surface area contributed by atoms with Crippen molar-refractivity contribution >= 4 is 11.4 Å². The van der Waals surface area contributed by atoms with Crippen LogP contribution < -0.4 is 19.0 Å². The predicted molar refractivity (Wildman–Crippen MR) is 239 cm³/mol. The minimum atomic E-state index is -2.12. The van der Waals surface area contributed by atoms with Gasteiger partial charge in [0, 0.05) is 34.3 Å². The van der Waals surface area contributed by atoms with Gasteiger partial charge in [0.25, 0.3) is 0 Å². The topological polar surface area (TPSA) is 59.6 Å². The molecule has 0 aromatic heterocycles. The lowest BCUT2D eigenvalue weighted by atomic mass is 9.77. The molecule has 2 N–H and O–H groups in total. The van der Waals surface area contributed by atoms with Crippen molar-refractivity contribution in [3.05, 3.63) is 129 Å². The van der Waals surface area contributed by atoms with E-state index >= 15 is 0 Å². The third-order valence-corrected chi connectivity index (χ3v) is 11.3. The zero-order valence-corrected chi connectivity index (χ0v) is 37.9. The van der Waals surface area contributed by atoms with E-state index in [1.807, 2.05) is 0 Å². The highest BCUT2D eigenvalue weighted by atomic mass is 32.2. The van der Waals surface area contributed by atoms with Gasteiger partial charge in [-0.2, -0.15) is 4.21 Å². The van der Waals surface area contributed by atoms with Crippen LogP contribution in [0.1, 0.15) is 166 Å². The molecule has 0 aliphatic rings. The van der Waals surface area contributed by atoms with Crippen LogP contribution >= 0.6 is 0 Å². The molecule has 0 saturated carbocycles. The molecule has 0 saturated heterocycles. The van der Waals surface area contributed by atoms with Crippen molar-refractivity contribution in [2.45, 2.75) is 156 Å². The Kier molecular flexibility index (Phi) is 15.2. The summed E-state index contributed by atoms with van der Waals surface area (Å²) < 4.78 is 27.6. The fourth-order valence-electron chi connectivity index (χ4n) is 7.33. The molecular formula is C50H72N2O3S. The van der Waals surface area contributed by atoms with E-state index in [9.17, 15) is 4.21 Å². The lowest BCUT2D eigenvalue weighted by molar-refractivity contribution is 0.420. The number of benzene rings is 4. The number of hydrogen-bond acceptors (Lipinski definition) is 5. The first-order valence-corrected chi connectivity index (χ1v) is 21.8. The molecule has 2 unspecified atom stereocenters. The van der Waals surface area contributed by atoms with E-state index in [2.05, 4.69) is 192 Å². The number of nitrogens with one attached hydrogen (secondary N) is 2. The van der Waals surface area contributed by atoms with E-state index in [4.69, 9.17) is 8.37 Å². The summed E-state index contributed by atoms with van der Waals surface area (Å²) in [7, 11) is 0. The molecule has 0 heterocycles. The molecule has 4 rings (SSSR count). The number of hydrogen-bond donors (Lipinski definition) is 2. The first-order valence-electron chi connectivity index (χ1n) is 20.8. The van der Waals surface area contributed by atoms with Crippen molar-refractivity contribution in [2.24, 2.45) is 0 Å². The van der Waals surface area contributed by atoms with Gasteiger partial charge in [-0.15, -0.1) is 0 Å². The Bertz CT molecular complexity index is 1670. The molecule has 6 heteroatoms. The van der Waals surface area contributed by atoms with Gasteiger partial charge in [0.15, 0.2) is 11.5 Å². The van der Waals surface area contributed by atoms with Gasteiger partial charge in [-0.05, 0) is 107 Å². The summed E-state index contributed by atoms with van der Waals surface area (Å²) in [5.74, 6) is 1.29. The monoisotopic (exact) mass is 781 g/mol. The Morgan fingerprint density at radius 2 is 0.786 bits per heavy atom. The van der Waals surface area contributed by atoms with Crippen LogP contribution in [0.5, 0.6) is 11.5 Å². The summed E-state index contributed by atoms with van der Waals surface area (Å²) in [5.41, 5.74) is 8.05. The van der Waals surface area contributed by atoms with E-state index in [1.54, 1.807) is 0 Å². The molecule has 2 atom stereocenters. The van der Waals surface area contributed by atoms with Crippen molar-refractivity contribution in [1.29, 1.82) is 0 Å². The van der Waals surface area contributed by atoms with Crippen molar-refractivity contribution in [3.8, 4) is 11.5 Å². The zero-order valence-electron chi connectivity index (χ0n) is 37.1. The molecule has 56 heavy (non-hydrogen) atoms. The van der Waals surface area contributed by atoms with Gasteiger partial charge in [-0.3, -0.25) is 0 Å². The fraction of sp³-hybridized carbons (Fsp3) is 0.520. The lowest BCUT2D eigenvalue weighted by Gasteiger charge is -2.33. The second-order valence-electron chi connectivity index (χ2n) is 19.6. The molecule has 0 aliphatic heterocycles. The summed E-state index contributed by atoms with van der Waals surface area (Å²) in [4.78, 5) is 0. The molecule has 0 fully saturated rings. The molecule has 0 aliphatic carbocycles. The van der Waals surface area contributed by atoms with E-state index in [-0.39, 0.29) is 33.7 Å². The Morgan fingerprint density at radius 1 is 0.500 bits per heavy atom. The Balaban J connectivity index is 1.72. The Morgan fingerprint density at radius 3 is 1.04 bits per heavy atom. The SMILES string of the molecule is CCC(NCCc1ccccc1)c1cc(C(C)(C)C)c(OS(=O)Oc2c(C(C)(C)C)cc(C(CC)NCCc3ccccc3)cc2C(C)(C)C)c(C(C)(C)C)c1. The van der Waals surface area contributed by atoms with Gasteiger partial charge >= 0.3 is 11.4 Å². The van der Waals surface area contributed by atoms with Crippen LogP contribution in [0.2, 0.25) is 0 Å². The molecule has 4 aromatic carbocycles. The highest BCUT2D eigenvalue weighted by Gasteiger charge is 2.34. The maximum absolute atomic E-state index is 14.4. The first-order chi connectivity index (χ1) is 26.1. The first kappa shape index (κ1) is 45.3. The summed E-state index contributed by atoms with van der Waals surface area (Å²) in [6.07, 6.45) is 3.82. The van der Waals surface area contributed by atoms with E-state index in [0.29, 0.717) is 11.5 Å². The van der Waals surface area contributed by atoms with Crippen LogP contribution in [0.25, 0.3) is 0 Å². The van der Waals surface area contributed by atoms with E-state index in [0.717, 1.165) is 61.0 Å². The van der Waals surface area contributed by atoms with Crippen LogP contribution in [0.15, 0.2) is 84.9 Å². The molecule has 306 valence electrons. The van der Waals surface area contributed by atoms with Gasteiger partial charge in [-0.1, -0.05) is 158 Å². The molecular weight excluding hydrogens is 709 g/mol. The molecule has 0 radical (unpaired) electrons. The molecule has 5 nitrogen and oxygen atoms in total. The fourth-order valence-corrected chi connectivity index (χ4v) is 8.00. The normalized spacial score (nSPS) is 14.3. The standard InChI is InChI=1S/C50H72N2O3S/c1-15-43(51-29-27-35-23-19-17-20-24-35)37-31-39(47(3,4)5)45(40(32-37)48(6,7)8)54-56(53)55-46-41(49(9,10)11)33-38(34-42(46)50(12,13)14)44(16-2)52-30-28-36-25-21-18-22-26-36/h17-26,31-34,43-44,51-52H,15-16,27-30H2,1-14H3. The summed E-state index contributed by atoms with van der Waals surface area (Å²) in [6, 6.07) is 30.6. The van der Waals surface area contributed by atoms with Crippen molar-refractivity contribution in [1.82, 2.24) is 10.6 Å². The van der Waals surface area contributed by atoms with Gasteiger partial charge in [0.05, 0.1) is 0 Å². The smallest absolute Gasteiger partial charge is 0.371 e. The molecule has 0 bridgehead atoms. The summed E-state index contributed by atoms with van der Waals surface area (Å²) in [5, 5.41) is 7.66. The van der Waals surface area contributed by atoms with Crippen LogP contribution in [-0.4, -0.2) is 17.3 Å². The van der Waals surface area contributed by atoms with Crippen molar-refractivity contribution < 1.29 is 12.6 Å². The average Bonchev–Trinajstić information content (AvgIpc) is 3.11. The summed E-state index contributed by atoms with van der Waals surface area (Å²) in [6.45, 7) is 32.6. The number of rotatable bonds is 16. The van der Waals surface area contributed by atoms with Gasteiger partial charge in [0.1, 0.15) is 0 Å². The zero-order chi connectivity index (χ0) is 41.5. The van der Waals surface area contributed by atoms with Gasteiger partial charge in [-0.25, -0.2) is 0 Å². The lowest BCUT2D eigenvalue weighted by Crippen LogP contribution is -2.27. The Hall–Kier alpha value is -3.45. The second kappa shape index (κ2) is 18.9. The van der Waals surface area contributed by atoms with Crippen LogP contribution in [0, 0.1) is 0 Å². The molecule has 0 spiro atoms. The average molecular weight is 781 g/mol. The maximum Gasteiger partial charge on any atom is 0.417 e. The van der Waals surface area contributed by atoms with Crippen LogP contribution in [-0.2, 0) is 45.9 Å².